The molecule has 5 heteroatoms. The van der Waals surface area contributed by atoms with Gasteiger partial charge in [0.1, 0.15) is 11.9 Å². The summed E-state index contributed by atoms with van der Waals surface area (Å²) in [6.07, 6.45) is 3.64. The first-order valence-electron chi connectivity index (χ1n) is 8.09. The van der Waals surface area contributed by atoms with Gasteiger partial charge in [-0.3, -0.25) is 0 Å². The van der Waals surface area contributed by atoms with Crippen LogP contribution in [-0.2, 0) is 4.74 Å². The Hall–Kier alpha value is -1.20. The molecule has 2 heterocycles. The predicted molar refractivity (Wildman–Crippen MR) is 78.1 cm³/mol. The van der Waals surface area contributed by atoms with Gasteiger partial charge in [-0.05, 0) is 50.8 Å². The third-order valence-corrected chi connectivity index (χ3v) is 5.24. The Morgan fingerprint density at radius 2 is 1.86 bits per heavy atom. The van der Waals surface area contributed by atoms with Crippen LogP contribution in [-0.4, -0.2) is 32.4 Å². The number of hydrogen-bond acceptors (Lipinski definition) is 3. The van der Waals surface area contributed by atoms with E-state index in [0.29, 0.717) is 5.56 Å². The molecule has 0 atom stereocenters. The standard InChI is InChI=1S/C17H21F2NO2/c18-12-5-14(11-1-3-20-4-2-11)16(15(19)6-12)22-13-7-17(8-13)9-21-10-17/h5-6,11,13,20H,1-4,7-10H2. The van der Waals surface area contributed by atoms with E-state index in [1.54, 1.807) is 0 Å². The molecule has 3 fully saturated rings. The highest BCUT2D eigenvalue weighted by Crippen LogP contribution is 2.49. The maximum absolute atomic E-state index is 14.3. The van der Waals surface area contributed by atoms with Crippen LogP contribution in [0, 0.1) is 17.0 Å². The van der Waals surface area contributed by atoms with Gasteiger partial charge in [0.25, 0.3) is 0 Å². The molecule has 120 valence electrons. The first-order chi connectivity index (χ1) is 10.7. The average molecular weight is 309 g/mol. The molecule has 4 rings (SSSR count). The highest BCUT2D eigenvalue weighted by molar-refractivity contribution is 5.39. The number of ether oxygens (including phenoxy) is 2. The Morgan fingerprint density at radius 1 is 1.14 bits per heavy atom. The number of nitrogens with one attached hydrogen (secondary N) is 1. The number of hydrogen-bond donors (Lipinski definition) is 1. The van der Waals surface area contributed by atoms with Crippen LogP contribution in [0.25, 0.3) is 0 Å². The Balaban J connectivity index is 1.54. The second kappa shape index (κ2) is 5.46. The van der Waals surface area contributed by atoms with Crippen molar-refractivity contribution >= 4 is 0 Å². The molecule has 0 amide bonds. The molecule has 0 radical (unpaired) electrons. The van der Waals surface area contributed by atoms with Gasteiger partial charge >= 0.3 is 0 Å². The third kappa shape index (κ3) is 2.50. The molecule has 2 aliphatic heterocycles. The molecule has 1 spiro atoms. The molecular weight excluding hydrogens is 288 g/mol. The van der Waals surface area contributed by atoms with Gasteiger partial charge in [0.05, 0.1) is 13.2 Å². The second-order valence-electron chi connectivity index (χ2n) is 6.97. The topological polar surface area (TPSA) is 30.5 Å². The maximum atomic E-state index is 14.3. The fraction of sp³-hybridized carbons (Fsp3) is 0.647. The molecule has 0 unspecified atom stereocenters. The molecule has 0 bridgehead atoms. The minimum Gasteiger partial charge on any atom is -0.487 e. The lowest BCUT2D eigenvalue weighted by Crippen LogP contribution is -2.56. The van der Waals surface area contributed by atoms with E-state index in [4.69, 9.17) is 9.47 Å². The summed E-state index contributed by atoms with van der Waals surface area (Å²) in [4.78, 5) is 0. The molecule has 22 heavy (non-hydrogen) atoms. The largest absolute Gasteiger partial charge is 0.487 e. The van der Waals surface area contributed by atoms with Crippen LogP contribution in [0.3, 0.4) is 0 Å². The zero-order valence-electron chi connectivity index (χ0n) is 12.5. The summed E-state index contributed by atoms with van der Waals surface area (Å²) in [7, 11) is 0. The highest BCUT2D eigenvalue weighted by Gasteiger charge is 2.51. The van der Waals surface area contributed by atoms with Crippen molar-refractivity contribution in [1.29, 1.82) is 0 Å². The summed E-state index contributed by atoms with van der Waals surface area (Å²) in [5, 5.41) is 3.28. The Kier molecular flexibility index (Phi) is 3.57. The fourth-order valence-corrected chi connectivity index (χ4v) is 3.92. The number of halogens is 2. The third-order valence-electron chi connectivity index (χ3n) is 5.24. The van der Waals surface area contributed by atoms with Crippen LogP contribution >= 0.6 is 0 Å². The van der Waals surface area contributed by atoms with Crippen molar-refractivity contribution < 1.29 is 18.3 Å². The van der Waals surface area contributed by atoms with Gasteiger partial charge in [0.15, 0.2) is 11.6 Å². The van der Waals surface area contributed by atoms with E-state index in [-0.39, 0.29) is 23.2 Å². The van der Waals surface area contributed by atoms with E-state index < -0.39 is 11.6 Å². The van der Waals surface area contributed by atoms with E-state index in [1.165, 1.54) is 6.07 Å². The predicted octanol–water partition coefficient (Wildman–Crippen LogP) is 2.99. The van der Waals surface area contributed by atoms with Crippen molar-refractivity contribution in [2.24, 2.45) is 5.41 Å². The van der Waals surface area contributed by atoms with Gasteiger partial charge in [-0.1, -0.05) is 0 Å². The van der Waals surface area contributed by atoms with Crippen LogP contribution in [0.1, 0.15) is 37.2 Å². The summed E-state index contributed by atoms with van der Waals surface area (Å²) in [6, 6.07) is 2.39. The summed E-state index contributed by atoms with van der Waals surface area (Å²) < 4.78 is 39.1. The smallest absolute Gasteiger partial charge is 0.168 e. The van der Waals surface area contributed by atoms with E-state index in [0.717, 1.165) is 58.1 Å². The summed E-state index contributed by atoms with van der Waals surface area (Å²) in [5.41, 5.74) is 0.973. The van der Waals surface area contributed by atoms with Crippen molar-refractivity contribution in [1.82, 2.24) is 5.32 Å². The monoisotopic (exact) mass is 309 g/mol. The molecule has 3 aliphatic rings. The van der Waals surface area contributed by atoms with Crippen molar-refractivity contribution in [3.05, 3.63) is 29.3 Å². The minimum atomic E-state index is -0.570. The van der Waals surface area contributed by atoms with Crippen molar-refractivity contribution in [3.63, 3.8) is 0 Å². The van der Waals surface area contributed by atoms with Crippen LogP contribution in [0.4, 0.5) is 8.78 Å². The van der Waals surface area contributed by atoms with Gasteiger partial charge in [0, 0.05) is 17.0 Å². The minimum absolute atomic E-state index is 0.0318. The quantitative estimate of drug-likeness (QED) is 0.931. The van der Waals surface area contributed by atoms with Gasteiger partial charge in [0.2, 0.25) is 0 Å². The Morgan fingerprint density at radius 3 is 2.50 bits per heavy atom. The zero-order valence-corrected chi connectivity index (χ0v) is 12.5. The van der Waals surface area contributed by atoms with Crippen LogP contribution in [0.5, 0.6) is 5.75 Å². The van der Waals surface area contributed by atoms with E-state index >= 15 is 0 Å². The van der Waals surface area contributed by atoms with E-state index in [2.05, 4.69) is 5.32 Å². The molecule has 3 nitrogen and oxygen atoms in total. The highest BCUT2D eigenvalue weighted by atomic mass is 19.1. The summed E-state index contributed by atoms with van der Waals surface area (Å²) in [5.74, 6) is -0.647. The van der Waals surface area contributed by atoms with Crippen molar-refractivity contribution in [2.45, 2.75) is 37.7 Å². The number of rotatable bonds is 3. The van der Waals surface area contributed by atoms with Crippen molar-refractivity contribution in [3.8, 4) is 5.75 Å². The summed E-state index contributed by atoms with van der Waals surface area (Å²) >= 11 is 0. The summed E-state index contributed by atoms with van der Waals surface area (Å²) in [6.45, 7) is 3.35. The molecule has 2 saturated heterocycles. The van der Waals surface area contributed by atoms with Gasteiger partial charge in [-0.15, -0.1) is 0 Å². The molecule has 1 aromatic rings. The van der Waals surface area contributed by atoms with Crippen LogP contribution in [0.2, 0.25) is 0 Å². The molecule has 1 N–H and O–H groups in total. The van der Waals surface area contributed by atoms with Crippen LogP contribution in [0.15, 0.2) is 12.1 Å². The lowest BCUT2D eigenvalue weighted by molar-refractivity contribution is -0.191. The maximum Gasteiger partial charge on any atom is 0.168 e. The Labute approximate surface area is 129 Å². The number of piperidine rings is 1. The number of benzene rings is 1. The average Bonchev–Trinajstić information content (AvgIpc) is 2.42. The first kappa shape index (κ1) is 14.4. The molecular formula is C17H21F2NO2. The van der Waals surface area contributed by atoms with Gasteiger partial charge in [-0.25, -0.2) is 8.78 Å². The fourth-order valence-electron chi connectivity index (χ4n) is 3.92. The SMILES string of the molecule is Fc1cc(F)c(OC2CC3(COC3)C2)c(C2CCNCC2)c1. The lowest BCUT2D eigenvalue weighted by Gasteiger charge is -2.52. The molecule has 1 aromatic carbocycles. The van der Waals surface area contributed by atoms with E-state index in [1.807, 2.05) is 0 Å². The normalized spacial score (nSPS) is 24.8. The van der Waals surface area contributed by atoms with Gasteiger partial charge in [-0.2, -0.15) is 0 Å². The zero-order chi connectivity index (χ0) is 15.2. The van der Waals surface area contributed by atoms with Gasteiger partial charge < -0.3 is 14.8 Å². The molecule has 1 aliphatic carbocycles. The lowest BCUT2D eigenvalue weighted by atomic mass is 9.65. The first-order valence-corrected chi connectivity index (χ1v) is 8.09. The molecule has 0 aromatic heterocycles. The Bertz CT molecular complexity index is 560. The van der Waals surface area contributed by atoms with Crippen molar-refractivity contribution in [2.75, 3.05) is 26.3 Å². The van der Waals surface area contributed by atoms with E-state index in [9.17, 15) is 8.78 Å². The molecule has 1 saturated carbocycles. The second-order valence-corrected chi connectivity index (χ2v) is 6.97. The van der Waals surface area contributed by atoms with Crippen LogP contribution < -0.4 is 10.1 Å².